The van der Waals surface area contributed by atoms with E-state index in [1.807, 2.05) is 0 Å². The highest BCUT2D eigenvalue weighted by atomic mass is 79.9. The van der Waals surface area contributed by atoms with Crippen molar-refractivity contribution in [2.75, 3.05) is 32.1 Å². The number of hydrogen-bond donors (Lipinski definition) is 0. The molecule has 14 heavy (non-hydrogen) atoms. The van der Waals surface area contributed by atoms with Crippen LogP contribution in [0.25, 0.3) is 0 Å². The summed E-state index contributed by atoms with van der Waals surface area (Å²) in [7, 11) is 2.16. The maximum absolute atomic E-state index is 5.97. The largest absolute Gasteiger partial charge is 0.347 e. The van der Waals surface area contributed by atoms with Gasteiger partial charge in [0.25, 0.3) is 0 Å². The molecule has 0 aliphatic carbocycles. The summed E-state index contributed by atoms with van der Waals surface area (Å²) in [4.78, 5) is 2.35. The fraction of sp³-hybridized carbons (Fsp3) is 1.00. The van der Waals surface area contributed by atoms with Crippen LogP contribution in [0.2, 0.25) is 0 Å². The molecule has 2 rings (SSSR count). The van der Waals surface area contributed by atoms with Crippen molar-refractivity contribution in [2.45, 2.75) is 31.2 Å². The Bertz CT molecular complexity index is 203. The molecule has 2 saturated heterocycles. The fourth-order valence-electron chi connectivity index (χ4n) is 2.17. The summed E-state index contributed by atoms with van der Waals surface area (Å²) in [6.07, 6.45) is 3.47. The lowest BCUT2D eigenvalue weighted by atomic mass is 10.1. The molecule has 2 unspecified atom stereocenters. The maximum Gasteiger partial charge on any atom is 0.170 e. The molecule has 0 bridgehead atoms. The molecule has 82 valence electrons. The van der Waals surface area contributed by atoms with E-state index in [0.717, 1.165) is 37.9 Å². The normalized spacial score (nSPS) is 40.3. The molecule has 0 aromatic heterocycles. The van der Waals surface area contributed by atoms with Crippen molar-refractivity contribution in [1.29, 1.82) is 0 Å². The van der Waals surface area contributed by atoms with Gasteiger partial charge >= 0.3 is 0 Å². The lowest BCUT2D eigenvalue weighted by Gasteiger charge is -2.26. The van der Waals surface area contributed by atoms with Gasteiger partial charge in [-0.2, -0.15) is 0 Å². The lowest BCUT2D eigenvalue weighted by molar-refractivity contribution is -0.172. The molecular formula is C10H18BrNO2. The molecule has 0 aromatic rings. The zero-order valence-electron chi connectivity index (χ0n) is 8.67. The van der Waals surface area contributed by atoms with Gasteiger partial charge in [0.1, 0.15) is 0 Å². The standard InChI is InChI=1S/C10H18BrNO2/c1-12-5-2-3-10(4-6-12)13-8-9(7-11)14-10/h9H,2-8H2,1H3. The average Bonchev–Trinajstić information content (AvgIpc) is 2.50. The Morgan fingerprint density at radius 3 is 3.00 bits per heavy atom. The fourth-order valence-corrected chi connectivity index (χ4v) is 2.49. The Kier molecular flexibility index (Phi) is 3.47. The zero-order valence-corrected chi connectivity index (χ0v) is 10.3. The molecule has 1 spiro atoms. The number of ether oxygens (including phenoxy) is 2. The van der Waals surface area contributed by atoms with Crippen molar-refractivity contribution in [1.82, 2.24) is 4.90 Å². The predicted octanol–water partition coefficient (Wildman–Crippen LogP) is 1.61. The lowest BCUT2D eigenvalue weighted by Crippen LogP contribution is -2.32. The van der Waals surface area contributed by atoms with E-state index in [-0.39, 0.29) is 11.9 Å². The van der Waals surface area contributed by atoms with Gasteiger partial charge in [-0.1, -0.05) is 15.9 Å². The van der Waals surface area contributed by atoms with E-state index in [9.17, 15) is 0 Å². The zero-order chi connectivity index (χ0) is 10.0. The van der Waals surface area contributed by atoms with Crippen LogP contribution in [0.15, 0.2) is 0 Å². The predicted molar refractivity (Wildman–Crippen MR) is 58.7 cm³/mol. The van der Waals surface area contributed by atoms with Gasteiger partial charge in [-0.05, 0) is 20.0 Å². The molecule has 2 aliphatic heterocycles. The molecule has 3 nitrogen and oxygen atoms in total. The first-order chi connectivity index (χ1) is 6.74. The van der Waals surface area contributed by atoms with E-state index in [0.29, 0.717) is 0 Å². The van der Waals surface area contributed by atoms with Crippen LogP contribution in [0.3, 0.4) is 0 Å². The molecule has 0 amide bonds. The second kappa shape index (κ2) is 4.47. The van der Waals surface area contributed by atoms with Crippen LogP contribution in [-0.2, 0) is 9.47 Å². The van der Waals surface area contributed by atoms with Gasteiger partial charge in [0.15, 0.2) is 5.79 Å². The second-order valence-electron chi connectivity index (χ2n) is 4.27. The molecule has 2 heterocycles. The van der Waals surface area contributed by atoms with E-state index >= 15 is 0 Å². The monoisotopic (exact) mass is 263 g/mol. The van der Waals surface area contributed by atoms with Crippen molar-refractivity contribution in [2.24, 2.45) is 0 Å². The molecular weight excluding hydrogens is 246 g/mol. The van der Waals surface area contributed by atoms with Crippen LogP contribution in [0.4, 0.5) is 0 Å². The van der Waals surface area contributed by atoms with Crippen LogP contribution in [0.1, 0.15) is 19.3 Å². The van der Waals surface area contributed by atoms with Gasteiger partial charge in [0.2, 0.25) is 0 Å². The summed E-state index contributed by atoms with van der Waals surface area (Å²) in [6.45, 7) is 2.98. The number of alkyl halides is 1. The molecule has 2 fully saturated rings. The molecule has 0 saturated carbocycles. The molecule has 0 N–H and O–H groups in total. The number of likely N-dealkylation sites (tertiary alicyclic amines) is 1. The molecule has 2 aliphatic rings. The third kappa shape index (κ3) is 2.30. The molecule has 0 aromatic carbocycles. The third-order valence-corrected chi connectivity index (χ3v) is 3.78. The Morgan fingerprint density at radius 2 is 2.29 bits per heavy atom. The van der Waals surface area contributed by atoms with Crippen molar-refractivity contribution in [3.05, 3.63) is 0 Å². The molecule has 4 heteroatoms. The number of halogens is 1. The van der Waals surface area contributed by atoms with E-state index in [1.54, 1.807) is 0 Å². The number of rotatable bonds is 1. The van der Waals surface area contributed by atoms with Gasteiger partial charge in [-0.25, -0.2) is 0 Å². The molecule has 2 atom stereocenters. The van der Waals surface area contributed by atoms with E-state index < -0.39 is 0 Å². The quantitative estimate of drug-likeness (QED) is 0.672. The summed E-state index contributed by atoms with van der Waals surface area (Å²) < 4.78 is 11.8. The summed E-state index contributed by atoms with van der Waals surface area (Å²) in [5, 5.41) is 0.880. The highest BCUT2D eigenvalue weighted by molar-refractivity contribution is 9.09. The van der Waals surface area contributed by atoms with E-state index in [1.165, 1.54) is 6.42 Å². The van der Waals surface area contributed by atoms with Crippen molar-refractivity contribution < 1.29 is 9.47 Å². The van der Waals surface area contributed by atoms with Crippen molar-refractivity contribution >= 4 is 15.9 Å². The maximum atomic E-state index is 5.97. The topological polar surface area (TPSA) is 21.7 Å². The Hall–Kier alpha value is 0.360. The Morgan fingerprint density at radius 1 is 1.43 bits per heavy atom. The first-order valence-electron chi connectivity index (χ1n) is 5.30. The second-order valence-corrected chi connectivity index (χ2v) is 4.92. The highest BCUT2D eigenvalue weighted by Crippen LogP contribution is 2.34. The first kappa shape index (κ1) is 10.9. The summed E-state index contributed by atoms with van der Waals surface area (Å²) in [6, 6.07) is 0. The molecule has 0 radical (unpaired) electrons. The van der Waals surface area contributed by atoms with Crippen molar-refractivity contribution in [3.63, 3.8) is 0 Å². The number of nitrogens with zero attached hydrogens (tertiary/aromatic N) is 1. The summed E-state index contributed by atoms with van der Waals surface area (Å²) in [5.74, 6) is -0.261. The highest BCUT2D eigenvalue weighted by Gasteiger charge is 2.41. The van der Waals surface area contributed by atoms with Crippen LogP contribution < -0.4 is 0 Å². The SMILES string of the molecule is CN1CCCC2(CC1)OCC(CBr)O2. The Balaban J connectivity index is 1.95. The third-order valence-electron chi connectivity index (χ3n) is 3.06. The summed E-state index contributed by atoms with van der Waals surface area (Å²) >= 11 is 3.44. The van der Waals surface area contributed by atoms with Gasteiger partial charge in [-0.3, -0.25) is 0 Å². The number of hydrogen-bond acceptors (Lipinski definition) is 3. The van der Waals surface area contributed by atoms with Gasteiger partial charge in [0, 0.05) is 24.7 Å². The minimum absolute atomic E-state index is 0.249. The average molecular weight is 264 g/mol. The van der Waals surface area contributed by atoms with Gasteiger partial charge < -0.3 is 14.4 Å². The van der Waals surface area contributed by atoms with Crippen LogP contribution in [-0.4, -0.2) is 48.9 Å². The first-order valence-corrected chi connectivity index (χ1v) is 6.42. The van der Waals surface area contributed by atoms with Gasteiger partial charge in [0.05, 0.1) is 12.7 Å². The van der Waals surface area contributed by atoms with Crippen LogP contribution >= 0.6 is 15.9 Å². The summed E-state index contributed by atoms with van der Waals surface area (Å²) in [5.41, 5.74) is 0. The van der Waals surface area contributed by atoms with Crippen LogP contribution in [0, 0.1) is 0 Å². The minimum Gasteiger partial charge on any atom is -0.347 e. The van der Waals surface area contributed by atoms with E-state index in [4.69, 9.17) is 9.47 Å². The Labute approximate surface area is 93.9 Å². The van der Waals surface area contributed by atoms with Crippen LogP contribution in [0.5, 0.6) is 0 Å². The van der Waals surface area contributed by atoms with Gasteiger partial charge in [-0.15, -0.1) is 0 Å². The minimum atomic E-state index is -0.261. The smallest absolute Gasteiger partial charge is 0.170 e. The van der Waals surface area contributed by atoms with E-state index in [2.05, 4.69) is 27.9 Å². The van der Waals surface area contributed by atoms with Crippen molar-refractivity contribution in [3.8, 4) is 0 Å².